The highest BCUT2D eigenvalue weighted by Crippen LogP contribution is 2.29. The van der Waals surface area contributed by atoms with Crippen LogP contribution in [0.5, 0.6) is 5.75 Å². The van der Waals surface area contributed by atoms with Crippen molar-refractivity contribution < 1.29 is 4.74 Å². The first kappa shape index (κ1) is 15.4. The van der Waals surface area contributed by atoms with Gasteiger partial charge in [0.15, 0.2) is 0 Å². The summed E-state index contributed by atoms with van der Waals surface area (Å²) < 4.78 is 6.78. The molecule has 1 aromatic heterocycles. The van der Waals surface area contributed by atoms with Gasteiger partial charge in [0, 0.05) is 16.5 Å². The summed E-state index contributed by atoms with van der Waals surface area (Å²) in [4.78, 5) is 1.14. The quantitative estimate of drug-likeness (QED) is 0.773. The molecule has 0 aliphatic carbocycles. The largest absolute Gasteiger partial charge is 0.488 e. The van der Waals surface area contributed by atoms with Crippen molar-refractivity contribution in [2.24, 2.45) is 0 Å². The summed E-state index contributed by atoms with van der Waals surface area (Å²) in [5, 5.41) is 3.49. The molecule has 0 saturated carbocycles. The van der Waals surface area contributed by atoms with E-state index < -0.39 is 0 Å². The van der Waals surface area contributed by atoms with Gasteiger partial charge in [-0.1, -0.05) is 43.6 Å². The monoisotopic (exact) mass is 309 g/mol. The molecule has 0 aliphatic heterocycles. The van der Waals surface area contributed by atoms with Crippen LogP contribution >= 0.6 is 22.9 Å². The van der Waals surface area contributed by atoms with Crippen LogP contribution in [0.3, 0.4) is 0 Å². The van der Waals surface area contributed by atoms with Crippen LogP contribution < -0.4 is 10.1 Å². The zero-order valence-electron chi connectivity index (χ0n) is 11.9. The fourth-order valence-corrected chi connectivity index (χ4v) is 3.20. The third-order valence-corrected chi connectivity index (χ3v) is 4.36. The highest BCUT2D eigenvalue weighted by molar-refractivity contribution is 7.16. The van der Waals surface area contributed by atoms with Gasteiger partial charge in [-0.2, -0.15) is 0 Å². The van der Waals surface area contributed by atoms with Crippen molar-refractivity contribution in [1.29, 1.82) is 0 Å². The molecule has 108 valence electrons. The molecule has 4 heteroatoms. The number of benzene rings is 1. The van der Waals surface area contributed by atoms with Gasteiger partial charge in [-0.25, -0.2) is 0 Å². The molecule has 0 bridgehead atoms. The van der Waals surface area contributed by atoms with Crippen molar-refractivity contribution in [3.05, 3.63) is 51.2 Å². The fraction of sp³-hybridized carbons (Fsp3) is 0.375. The average Bonchev–Trinajstić information content (AvgIpc) is 2.89. The number of rotatable bonds is 7. The predicted molar refractivity (Wildman–Crippen MR) is 86.8 cm³/mol. The van der Waals surface area contributed by atoms with E-state index in [0.29, 0.717) is 12.6 Å². The van der Waals surface area contributed by atoms with Gasteiger partial charge in [-0.3, -0.25) is 0 Å². The van der Waals surface area contributed by atoms with E-state index in [-0.39, 0.29) is 0 Å². The Morgan fingerprint density at radius 1 is 1.20 bits per heavy atom. The van der Waals surface area contributed by atoms with Crippen LogP contribution in [0.15, 0.2) is 36.4 Å². The SMILES string of the molecule is CCNC(CC)c1ccccc1OCc1ccc(Cl)s1. The second kappa shape index (κ2) is 7.67. The Morgan fingerprint density at radius 2 is 2.00 bits per heavy atom. The van der Waals surface area contributed by atoms with Gasteiger partial charge >= 0.3 is 0 Å². The van der Waals surface area contributed by atoms with Crippen LogP contribution in [0.25, 0.3) is 0 Å². The third-order valence-electron chi connectivity index (χ3n) is 3.15. The molecule has 0 spiro atoms. The normalized spacial score (nSPS) is 12.3. The molecule has 1 atom stereocenters. The smallest absolute Gasteiger partial charge is 0.124 e. The lowest BCUT2D eigenvalue weighted by molar-refractivity contribution is 0.302. The minimum atomic E-state index is 0.336. The van der Waals surface area contributed by atoms with E-state index in [1.54, 1.807) is 11.3 Å². The standard InChI is InChI=1S/C16H20ClNOS/c1-3-14(18-4-2)13-7-5-6-8-15(13)19-11-12-9-10-16(17)20-12/h5-10,14,18H,3-4,11H2,1-2H3. The van der Waals surface area contributed by atoms with Gasteiger partial charge in [0.25, 0.3) is 0 Å². The number of thiophene rings is 1. The van der Waals surface area contributed by atoms with E-state index in [9.17, 15) is 0 Å². The summed E-state index contributed by atoms with van der Waals surface area (Å²) in [6.07, 6.45) is 1.04. The van der Waals surface area contributed by atoms with Crippen molar-refractivity contribution in [3.8, 4) is 5.75 Å². The number of ether oxygens (including phenoxy) is 1. The first-order valence-corrected chi connectivity index (χ1v) is 8.13. The van der Waals surface area contributed by atoms with E-state index in [0.717, 1.165) is 27.9 Å². The van der Waals surface area contributed by atoms with Crippen LogP contribution in [0.2, 0.25) is 4.34 Å². The molecule has 2 rings (SSSR count). The zero-order valence-corrected chi connectivity index (χ0v) is 13.4. The maximum absolute atomic E-state index is 5.98. The van der Waals surface area contributed by atoms with Gasteiger partial charge in [0.1, 0.15) is 12.4 Å². The lowest BCUT2D eigenvalue weighted by Gasteiger charge is -2.19. The van der Waals surface area contributed by atoms with Gasteiger partial charge in [0.2, 0.25) is 0 Å². The highest BCUT2D eigenvalue weighted by Gasteiger charge is 2.13. The van der Waals surface area contributed by atoms with Crippen LogP contribution in [-0.4, -0.2) is 6.54 Å². The fourth-order valence-electron chi connectivity index (χ4n) is 2.20. The molecular weight excluding hydrogens is 290 g/mol. The van der Waals surface area contributed by atoms with E-state index >= 15 is 0 Å². The third kappa shape index (κ3) is 3.98. The lowest BCUT2D eigenvalue weighted by atomic mass is 10.0. The van der Waals surface area contributed by atoms with Crippen LogP contribution in [-0.2, 0) is 6.61 Å². The van der Waals surface area contributed by atoms with Crippen molar-refractivity contribution in [3.63, 3.8) is 0 Å². The minimum Gasteiger partial charge on any atom is -0.488 e. The summed E-state index contributed by atoms with van der Waals surface area (Å²) in [5.74, 6) is 0.949. The summed E-state index contributed by atoms with van der Waals surface area (Å²) >= 11 is 7.50. The second-order valence-corrected chi connectivity index (χ2v) is 6.35. The maximum atomic E-state index is 5.98. The molecular formula is C16H20ClNOS. The topological polar surface area (TPSA) is 21.3 Å². The number of hydrogen-bond donors (Lipinski definition) is 1. The second-order valence-electron chi connectivity index (χ2n) is 4.55. The van der Waals surface area contributed by atoms with Crippen LogP contribution in [0, 0.1) is 0 Å². The lowest BCUT2D eigenvalue weighted by Crippen LogP contribution is -2.20. The molecule has 0 aliphatic rings. The molecule has 1 aromatic carbocycles. The van der Waals surface area contributed by atoms with Gasteiger partial charge in [0.05, 0.1) is 4.34 Å². The molecule has 20 heavy (non-hydrogen) atoms. The van der Waals surface area contributed by atoms with E-state index in [4.69, 9.17) is 16.3 Å². The first-order valence-electron chi connectivity index (χ1n) is 6.93. The molecule has 0 saturated heterocycles. The first-order chi connectivity index (χ1) is 9.74. The van der Waals surface area contributed by atoms with Crippen LogP contribution in [0.4, 0.5) is 0 Å². The maximum Gasteiger partial charge on any atom is 0.124 e. The van der Waals surface area contributed by atoms with E-state index in [2.05, 4.69) is 31.3 Å². The molecule has 0 radical (unpaired) electrons. The van der Waals surface area contributed by atoms with Gasteiger partial charge in [-0.15, -0.1) is 11.3 Å². The molecule has 1 unspecified atom stereocenters. The Balaban J connectivity index is 2.10. The van der Waals surface area contributed by atoms with Crippen molar-refractivity contribution >= 4 is 22.9 Å². The molecule has 0 amide bonds. The van der Waals surface area contributed by atoms with Crippen molar-refractivity contribution in [2.75, 3.05) is 6.54 Å². The summed E-state index contributed by atoms with van der Waals surface area (Å²) in [7, 11) is 0. The highest BCUT2D eigenvalue weighted by atomic mass is 35.5. The number of nitrogens with one attached hydrogen (secondary N) is 1. The average molecular weight is 310 g/mol. The van der Waals surface area contributed by atoms with Gasteiger partial charge < -0.3 is 10.1 Å². The Labute approximate surface area is 129 Å². The Hall–Kier alpha value is -1.03. The van der Waals surface area contributed by atoms with Gasteiger partial charge in [-0.05, 0) is 31.2 Å². The Bertz CT molecular complexity index is 541. The summed E-state index contributed by atoms with van der Waals surface area (Å²) in [5.41, 5.74) is 1.22. The number of halogens is 1. The Morgan fingerprint density at radius 3 is 2.65 bits per heavy atom. The Kier molecular flexibility index (Phi) is 5.89. The number of hydrogen-bond acceptors (Lipinski definition) is 3. The van der Waals surface area contributed by atoms with Crippen LogP contribution in [0.1, 0.15) is 36.8 Å². The van der Waals surface area contributed by atoms with E-state index in [1.165, 1.54) is 5.56 Å². The molecule has 1 N–H and O–H groups in total. The summed E-state index contributed by atoms with van der Waals surface area (Å²) in [6.45, 7) is 5.83. The summed E-state index contributed by atoms with van der Waals surface area (Å²) in [6, 6.07) is 12.5. The van der Waals surface area contributed by atoms with Crippen molar-refractivity contribution in [2.45, 2.75) is 32.9 Å². The minimum absolute atomic E-state index is 0.336. The zero-order chi connectivity index (χ0) is 14.4. The molecule has 0 fully saturated rings. The predicted octanol–water partition coefficient (Wildman–Crippen LogP) is 5.04. The molecule has 1 heterocycles. The van der Waals surface area contributed by atoms with Crippen molar-refractivity contribution in [1.82, 2.24) is 5.32 Å². The molecule has 2 nitrogen and oxygen atoms in total. The molecule has 2 aromatic rings. The van der Waals surface area contributed by atoms with E-state index in [1.807, 2.05) is 24.3 Å². The number of para-hydroxylation sites is 1.